The molecule has 0 rings (SSSR count). The molecule has 0 unspecified atom stereocenters. The van der Waals surface area contributed by atoms with Crippen LogP contribution in [0.15, 0.2) is 0 Å². The number of ketones is 1. The number of nitrogens with zero attached hydrogens (tertiary/aromatic N) is 1. The molecule has 0 aromatic carbocycles. The molecular weight excluding hydrogens is 170 g/mol. The third-order valence-electron chi connectivity index (χ3n) is 1.70. The van der Waals surface area contributed by atoms with Crippen LogP contribution in [0, 0.1) is 0 Å². The zero-order valence-electron chi connectivity index (χ0n) is 8.50. The molecule has 0 atom stereocenters. The molecule has 0 fully saturated rings. The van der Waals surface area contributed by atoms with Crippen LogP contribution in [0.5, 0.6) is 0 Å². The minimum Gasteiger partial charge on any atom is -0.383 e. The van der Waals surface area contributed by atoms with Crippen molar-refractivity contribution < 1.29 is 14.3 Å². The summed E-state index contributed by atoms with van der Waals surface area (Å²) in [7, 11) is 1.59. The summed E-state index contributed by atoms with van der Waals surface area (Å²) >= 11 is 0. The van der Waals surface area contributed by atoms with Gasteiger partial charge in [-0.15, -0.1) is 0 Å². The maximum Gasteiger partial charge on any atom is 0.230 e. The first-order valence-corrected chi connectivity index (χ1v) is 4.38. The molecule has 76 valence electrons. The normalized spacial score (nSPS) is 9.77. The van der Waals surface area contributed by atoms with Gasteiger partial charge in [0, 0.05) is 20.2 Å². The molecular formula is C9H17NO3. The summed E-state index contributed by atoms with van der Waals surface area (Å²) in [6, 6.07) is 0. The maximum absolute atomic E-state index is 11.3. The fourth-order valence-corrected chi connectivity index (χ4v) is 0.985. The first kappa shape index (κ1) is 12.1. The Hall–Kier alpha value is -0.900. The molecule has 0 spiro atoms. The summed E-state index contributed by atoms with van der Waals surface area (Å²) in [5.41, 5.74) is 0. The van der Waals surface area contributed by atoms with E-state index in [0.29, 0.717) is 19.7 Å². The van der Waals surface area contributed by atoms with E-state index in [1.54, 1.807) is 12.0 Å². The number of Topliss-reactive ketones (excluding diaryl/α,β-unsaturated/α-hetero) is 1. The average molecular weight is 187 g/mol. The number of rotatable bonds is 6. The van der Waals surface area contributed by atoms with Crippen molar-refractivity contribution in [2.75, 3.05) is 26.8 Å². The average Bonchev–Trinajstić information content (AvgIpc) is 2.04. The molecule has 0 N–H and O–H groups in total. The van der Waals surface area contributed by atoms with E-state index >= 15 is 0 Å². The molecule has 1 amide bonds. The highest BCUT2D eigenvalue weighted by atomic mass is 16.5. The largest absolute Gasteiger partial charge is 0.383 e. The molecule has 4 heteroatoms. The molecule has 0 aromatic rings. The van der Waals surface area contributed by atoms with Crippen molar-refractivity contribution in [3.05, 3.63) is 0 Å². The van der Waals surface area contributed by atoms with Crippen molar-refractivity contribution in [3.63, 3.8) is 0 Å². The second-order valence-electron chi connectivity index (χ2n) is 2.84. The van der Waals surface area contributed by atoms with Gasteiger partial charge in [0.2, 0.25) is 5.91 Å². The number of amides is 1. The highest BCUT2D eigenvalue weighted by Crippen LogP contribution is 1.94. The number of ether oxygens (including phenoxy) is 1. The lowest BCUT2D eigenvalue weighted by Crippen LogP contribution is -2.34. The van der Waals surface area contributed by atoms with Crippen LogP contribution in [0.3, 0.4) is 0 Å². The Morgan fingerprint density at radius 2 is 2.00 bits per heavy atom. The number of likely N-dealkylation sites (N-methyl/N-ethyl adjacent to an activating group) is 1. The maximum atomic E-state index is 11.3. The third-order valence-corrected chi connectivity index (χ3v) is 1.70. The van der Waals surface area contributed by atoms with E-state index in [1.165, 1.54) is 6.92 Å². The smallest absolute Gasteiger partial charge is 0.230 e. The fraction of sp³-hybridized carbons (Fsp3) is 0.778. The van der Waals surface area contributed by atoms with Gasteiger partial charge in [-0.25, -0.2) is 0 Å². The van der Waals surface area contributed by atoms with Crippen molar-refractivity contribution >= 4 is 11.7 Å². The molecule has 4 nitrogen and oxygen atoms in total. The lowest BCUT2D eigenvalue weighted by Gasteiger charge is -2.19. The third kappa shape index (κ3) is 5.36. The van der Waals surface area contributed by atoms with Crippen molar-refractivity contribution in [1.82, 2.24) is 4.90 Å². The zero-order valence-corrected chi connectivity index (χ0v) is 8.50. The quantitative estimate of drug-likeness (QED) is 0.567. The number of hydrogen-bond donors (Lipinski definition) is 0. The molecule has 0 saturated carbocycles. The molecule has 0 heterocycles. The van der Waals surface area contributed by atoms with Crippen LogP contribution in [-0.4, -0.2) is 43.4 Å². The predicted molar refractivity (Wildman–Crippen MR) is 49.4 cm³/mol. The van der Waals surface area contributed by atoms with Gasteiger partial charge in [-0.2, -0.15) is 0 Å². The minimum atomic E-state index is -0.118. The van der Waals surface area contributed by atoms with Crippen LogP contribution in [0.4, 0.5) is 0 Å². The van der Waals surface area contributed by atoms with E-state index in [2.05, 4.69) is 0 Å². The summed E-state index contributed by atoms with van der Waals surface area (Å²) in [6.45, 7) is 4.99. The standard InChI is InChI=1S/C9H17NO3/c1-4-10(5-6-13-3)9(12)7-8(2)11/h4-7H2,1-3H3. The predicted octanol–water partition coefficient (Wildman–Crippen LogP) is 0.460. The van der Waals surface area contributed by atoms with Gasteiger partial charge in [0.15, 0.2) is 0 Å². The Labute approximate surface area is 78.9 Å². The van der Waals surface area contributed by atoms with Crippen LogP contribution < -0.4 is 0 Å². The Bertz CT molecular complexity index is 180. The Morgan fingerprint density at radius 1 is 1.38 bits per heavy atom. The summed E-state index contributed by atoms with van der Waals surface area (Å²) in [6.07, 6.45) is -0.00243. The Balaban J connectivity index is 3.91. The van der Waals surface area contributed by atoms with Gasteiger partial charge in [0.05, 0.1) is 13.0 Å². The van der Waals surface area contributed by atoms with Crippen molar-refractivity contribution in [3.8, 4) is 0 Å². The number of hydrogen-bond acceptors (Lipinski definition) is 3. The van der Waals surface area contributed by atoms with E-state index in [9.17, 15) is 9.59 Å². The van der Waals surface area contributed by atoms with E-state index in [1.807, 2.05) is 6.92 Å². The Kier molecular flexibility index (Phi) is 6.14. The number of carbonyl (C=O) groups is 2. The molecule has 0 aliphatic carbocycles. The minimum absolute atomic E-state index is 0.00243. The highest BCUT2D eigenvalue weighted by Gasteiger charge is 2.12. The van der Waals surface area contributed by atoms with Crippen LogP contribution in [-0.2, 0) is 14.3 Å². The second-order valence-corrected chi connectivity index (χ2v) is 2.84. The van der Waals surface area contributed by atoms with Gasteiger partial charge in [-0.1, -0.05) is 0 Å². The molecule has 0 aromatic heterocycles. The summed E-state index contributed by atoms with van der Waals surface area (Å²) < 4.78 is 4.85. The van der Waals surface area contributed by atoms with E-state index in [0.717, 1.165) is 0 Å². The van der Waals surface area contributed by atoms with E-state index < -0.39 is 0 Å². The summed E-state index contributed by atoms with van der Waals surface area (Å²) in [5, 5.41) is 0. The van der Waals surface area contributed by atoms with Gasteiger partial charge in [0.25, 0.3) is 0 Å². The first-order valence-electron chi connectivity index (χ1n) is 4.38. The van der Waals surface area contributed by atoms with Gasteiger partial charge in [-0.3, -0.25) is 9.59 Å². The molecule has 0 saturated heterocycles. The second kappa shape index (κ2) is 6.60. The van der Waals surface area contributed by atoms with Crippen LogP contribution in [0.1, 0.15) is 20.3 Å². The number of methoxy groups -OCH3 is 1. The summed E-state index contributed by atoms with van der Waals surface area (Å²) in [5.74, 6) is -0.215. The lowest BCUT2D eigenvalue weighted by molar-refractivity contribution is -0.135. The van der Waals surface area contributed by atoms with Crippen LogP contribution in [0.2, 0.25) is 0 Å². The molecule has 0 aliphatic heterocycles. The van der Waals surface area contributed by atoms with Crippen molar-refractivity contribution in [1.29, 1.82) is 0 Å². The van der Waals surface area contributed by atoms with Gasteiger partial charge in [-0.05, 0) is 13.8 Å². The van der Waals surface area contributed by atoms with Crippen LogP contribution in [0.25, 0.3) is 0 Å². The SMILES string of the molecule is CCN(CCOC)C(=O)CC(C)=O. The monoisotopic (exact) mass is 187 g/mol. The highest BCUT2D eigenvalue weighted by molar-refractivity contribution is 5.96. The fourth-order valence-electron chi connectivity index (χ4n) is 0.985. The molecule has 13 heavy (non-hydrogen) atoms. The molecule has 0 aliphatic rings. The van der Waals surface area contributed by atoms with Gasteiger partial charge in [0.1, 0.15) is 5.78 Å². The Morgan fingerprint density at radius 3 is 2.38 bits per heavy atom. The first-order chi connectivity index (χ1) is 6.11. The lowest BCUT2D eigenvalue weighted by atomic mass is 10.3. The van der Waals surface area contributed by atoms with E-state index in [-0.39, 0.29) is 18.1 Å². The van der Waals surface area contributed by atoms with Gasteiger partial charge >= 0.3 is 0 Å². The summed E-state index contributed by atoms with van der Waals surface area (Å²) in [4.78, 5) is 23.6. The number of carbonyl (C=O) groups excluding carboxylic acids is 2. The van der Waals surface area contributed by atoms with Crippen LogP contribution >= 0.6 is 0 Å². The van der Waals surface area contributed by atoms with Gasteiger partial charge < -0.3 is 9.64 Å². The molecule has 0 radical (unpaired) electrons. The zero-order chi connectivity index (χ0) is 10.3. The van der Waals surface area contributed by atoms with Crippen molar-refractivity contribution in [2.45, 2.75) is 20.3 Å². The molecule has 0 bridgehead atoms. The van der Waals surface area contributed by atoms with E-state index in [4.69, 9.17) is 4.74 Å². The van der Waals surface area contributed by atoms with Crippen molar-refractivity contribution in [2.24, 2.45) is 0 Å². The topological polar surface area (TPSA) is 46.6 Å².